The van der Waals surface area contributed by atoms with E-state index in [2.05, 4.69) is 42.2 Å². The molecule has 1 amide bonds. The Morgan fingerprint density at radius 3 is 2.42 bits per heavy atom. The van der Waals surface area contributed by atoms with Crippen LogP contribution in [-0.4, -0.2) is 40.8 Å². The molecule has 0 atom stereocenters. The van der Waals surface area contributed by atoms with E-state index in [1.165, 1.54) is 11.1 Å². The Balaban J connectivity index is 1.38. The SMILES string of the molecule is Cc1c(-c2ccc(OC3CCN(C(=O)OC(C)(C)C)CC3)cc2)ccc2cccnc12. The van der Waals surface area contributed by atoms with Gasteiger partial charge < -0.3 is 14.4 Å². The maximum absolute atomic E-state index is 12.2. The number of nitrogens with zero attached hydrogens (tertiary/aromatic N) is 2. The zero-order valence-corrected chi connectivity index (χ0v) is 18.7. The molecule has 1 aliphatic rings. The molecule has 1 saturated heterocycles. The number of pyridine rings is 1. The quantitative estimate of drug-likeness (QED) is 0.524. The molecule has 5 nitrogen and oxygen atoms in total. The summed E-state index contributed by atoms with van der Waals surface area (Å²) >= 11 is 0. The van der Waals surface area contributed by atoms with Gasteiger partial charge in [-0.05, 0) is 62.6 Å². The number of hydrogen-bond acceptors (Lipinski definition) is 4. The zero-order chi connectivity index (χ0) is 22.0. The standard InChI is InChI=1S/C26H30N2O3/c1-18-23(12-9-20-6-5-15-27-24(18)20)19-7-10-21(11-8-19)30-22-13-16-28(17-14-22)25(29)31-26(2,3)4/h5-12,15,22H,13-14,16-17H2,1-4H3. The number of likely N-dealkylation sites (tertiary alicyclic amines) is 1. The number of aryl methyl sites for hydroxylation is 1. The molecule has 162 valence electrons. The number of ether oxygens (including phenoxy) is 2. The van der Waals surface area contributed by atoms with E-state index < -0.39 is 5.60 Å². The third-order valence-electron chi connectivity index (χ3n) is 5.59. The summed E-state index contributed by atoms with van der Waals surface area (Å²) in [7, 11) is 0. The summed E-state index contributed by atoms with van der Waals surface area (Å²) in [6.07, 6.45) is 3.31. The van der Waals surface area contributed by atoms with Crippen LogP contribution in [0.2, 0.25) is 0 Å². The Labute approximate surface area is 184 Å². The summed E-state index contributed by atoms with van der Waals surface area (Å²) in [5, 5.41) is 1.15. The van der Waals surface area contributed by atoms with Crippen molar-refractivity contribution < 1.29 is 14.3 Å². The van der Waals surface area contributed by atoms with Crippen LogP contribution in [0.3, 0.4) is 0 Å². The second-order valence-electron chi connectivity index (χ2n) is 9.12. The molecule has 31 heavy (non-hydrogen) atoms. The van der Waals surface area contributed by atoms with Crippen molar-refractivity contribution in [1.82, 2.24) is 9.88 Å². The molecule has 0 saturated carbocycles. The third kappa shape index (κ3) is 4.98. The highest BCUT2D eigenvalue weighted by Gasteiger charge is 2.27. The van der Waals surface area contributed by atoms with E-state index in [4.69, 9.17) is 9.47 Å². The molecular formula is C26H30N2O3. The Hall–Kier alpha value is -3.08. The van der Waals surface area contributed by atoms with Gasteiger partial charge in [0.05, 0.1) is 5.52 Å². The molecule has 2 heterocycles. The number of hydrogen-bond donors (Lipinski definition) is 0. The van der Waals surface area contributed by atoms with Gasteiger partial charge in [-0.2, -0.15) is 0 Å². The number of carbonyl (C=O) groups excluding carboxylic acids is 1. The molecule has 3 aromatic rings. The summed E-state index contributed by atoms with van der Waals surface area (Å²) in [6.45, 7) is 9.09. The van der Waals surface area contributed by atoms with Crippen LogP contribution in [0, 0.1) is 6.92 Å². The smallest absolute Gasteiger partial charge is 0.410 e. The molecule has 1 fully saturated rings. The number of amides is 1. The van der Waals surface area contributed by atoms with Gasteiger partial charge in [0.1, 0.15) is 17.5 Å². The van der Waals surface area contributed by atoms with E-state index >= 15 is 0 Å². The van der Waals surface area contributed by atoms with Crippen LogP contribution in [-0.2, 0) is 4.74 Å². The van der Waals surface area contributed by atoms with E-state index in [9.17, 15) is 4.79 Å². The fourth-order valence-corrected chi connectivity index (χ4v) is 3.99. The molecule has 4 rings (SSSR count). The lowest BCUT2D eigenvalue weighted by atomic mass is 9.98. The maximum atomic E-state index is 12.2. The molecule has 0 aliphatic carbocycles. The minimum absolute atomic E-state index is 0.108. The van der Waals surface area contributed by atoms with E-state index in [0.717, 1.165) is 35.1 Å². The Morgan fingerprint density at radius 2 is 1.74 bits per heavy atom. The molecule has 0 bridgehead atoms. The average molecular weight is 419 g/mol. The van der Waals surface area contributed by atoms with Gasteiger partial charge in [0.25, 0.3) is 0 Å². The number of piperidine rings is 1. The minimum atomic E-state index is -0.467. The fraction of sp³-hybridized carbons (Fsp3) is 0.385. The zero-order valence-electron chi connectivity index (χ0n) is 18.7. The maximum Gasteiger partial charge on any atom is 0.410 e. The first-order valence-electron chi connectivity index (χ1n) is 10.9. The molecule has 0 spiro atoms. The number of rotatable bonds is 3. The third-order valence-corrected chi connectivity index (χ3v) is 5.59. The predicted molar refractivity (Wildman–Crippen MR) is 123 cm³/mol. The highest BCUT2D eigenvalue weighted by atomic mass is 16.6. The van der Waals surface area contributed by atoms with Gasteiger partial charge in [-0.25, -0.2) is 4.79 Å². The van der Waals surface area contributed by atoms with Crippen LogP contribution in [0.5, 0.6) is 5.75 Å². The van der Waals surface area contributed by atoms with E-state index in [1.807, 2.05) is 45.2 Å². The summed E-state index contributed by atoms with van der Waals surface area (Å²) in [6, 6.07) is 16.6. The molecule has 1 aromatic heterocycles. The number of carbonyl (C=O) groups is 1. The Bertz CT molecular complexity index is 1060. The van der Waals surface area contributed by atoms with Crippen LogP contribution >= 0.6 is 0 Å². The Kier molecular flexibility index (Phi) is 5.86. The molecule has 0 radical (unpaired) electrons. The molecule has 5 heteroatoms. The van der Waals surface area contributed by atoms with Crippen molar-refractivity contribution in [1.29, 1.82) is 0 Å². The van der Waals surface area contributed by atoms with E-state index in [0.29, 0.717) is 13.1 Å². The van der Waals surface area contributed by atoms with E-state index in [-0.39, 0.29) is 12.2 Å². The molecule has 2 aromatic carbocycles. The molecule has 0 N–H and O–H groups in total. The predicted octanol–water partition coefficient (Wildman–Crippen LogP) is 5.99. The van der Waals surface area contributed by atoms with Crippen molar-refractivity contribution in [3.05, 3.63) is 60.3 Å². The molecule has 0 unspecified atom stereocenters. The van der Waals surface area contributed by atoms with Gasteiger partial charge in [-0.1, -0.05) is 30.3 Å². The van der Waals surface area contributed by atoms with Gasteiger partial charge in [0, 0.05) is 37.5 Å². The number of fused-ring (bicyclic) bond motifs is 1. The first kappa shape index (κ1) is 21.2. The second-order valence-corrected chi connectivity index (χ2v) is 9.12. The fourth-order valence-electron chi connectivity index (χ4n) is 3.99. The lowest BCUT2D eigenvalue weighted by Gasteiger charge is -2.33. The largest absolute Gasteiger partial charge is 0.490 e. The minimum Gasteiger partial charge on any atom is -0.490 e. The number of benzene rings is 2. The highest BCUT2D eigenvalue weighted by Crippen LogP contribution is 2.30. The van der Waals surface area contributed by atoms with Crippen LogP contribution in [0.4, 0.5) is 4.79 Å². The topological polar surface area (TPSA) is 51.7 Å². The normalized spacial score (nSPS) is 15.2. The monoisotopic (exact) mass is 418 g/mol. The van der Waals surface area contributed by atoms with Crippen molar-refractivity contribution in [2.45, 2.75) is 52.2 Å². The first-order valence-corrected chi connectivity index (χ1v) is 10.9. The van der Waals surface area contributed by atoms with Crippen molar-refractivity contribution in [2.75, 3.05) is 13.1 Å². The van der Waals surface area contributed by atoms with Crippen LogP contribution in [0.1, 0.15) is 39.2 Å². The van der Waals surface area contributed by atoms with E-state index in [1.54, 1.807) is 4.90 Å². The van der Waals surface area contributed by atoms with Crippen LogP contribution in [0.15, 0.2) is 54.7 Å². The second kappa shape index (κ2) is 8.58. The Morgan fingerprint density at radius 1 is 1.03 bits per heavy atom. The molecule has 1 aliphatic heterocycles. The van der Waals surface area contributed by atoms with Gasteiger partial charge in [0.2, 0.25) is 0 Å². The summed E-state index contributed by atoms with van der Waals surface area (Å²) < 4.78 is 11.6. The van der Waals surface area contributed by atoms with Crippen molar-refractivity contribution in [3.8, 4) is 16.9 Å². The summed E-state index contributed by atoms with van der Waals surface area (Å²) in [4.78, 5) is 18.5. The summed E-state index contributed by atoms with van der Waals surface area (Å²) in [5.41, 5.74) is 4.09. The average Bonchev–Trinajstić information content (AvgIpc) is 2.74. The summed E-state index contributed by atoms with van der Waals surface area (Å²) in [5.74, 6) is 0.857. The molecular weight excluding hydrogens is 388 g/mol. The van der Waals surface area contributed by atoms with Gasteiger partial charge in [0.15, 0.2) is 0 Å². The van der Waals surface area contributed by atoms with Crippen LogP contribution in [0.25, 0.3) is 22.0 Å². The van der Waals surface area contributed by atoms with Gasteiger partial charge >= 0.3 is 6.09 Å². The van der Waals surface area contributed by atoms with Crippen molar-refractivity contribution in [3.63, 3.8) is 0 Å². The highest BCUT2D eigenvalue weighted by molar-refractivity contribution is 5.88. The van der Waals surface area contributed by atoms with Gasteiger partial charge in [-0.15, -0.1) is 0 Å². The van der Waals surface area contributed by atoms with Crippen LogP contribution < -0.4 is 4.74 Å². The van der Waals surface area contributed by atoms with Crippen molar-refractivity contribution >= 4 is 17.0 Å². The lowest BCUT2D eigenvalue weighted by Crippen LogP contribution is -2.44. The lowest BCUT2D eigenvalue weighted by molar-refractivity contribution is 0.0126. The van der Waals surface area contributed by atoms with Gasteiger partial charge in [-0.3, -0.25) is 4.98 Å². The number of aromatic nitrogens is 1. The van der Waals surface area contributed by atoms with Crippen molar-refractivity contribution in [2.24, 2.45) is 0 Å². The first-order chi connectivity index (χ1) is 14.8.